The van der Waals surface area contributed by atoms with Crippen LogP contribution < -0.4 is 18.9 Å². The fourth-order valence-electron chi connectivity index (χ4n) is 11.7. The molecule has 6 aromatic carbocycles. The van der Waals surface area contributed by atoms with Crippen LogP contribution in [0.4, 0.5) is 0 Å². The Balaban J connectivity index is 1.61. The molecule has 12 rings (SSSR count). The Hall–Kier alpha value is -5.48. The van der Waals surface area contributed by atoms with Crippen LogP contribution in [0, 0.1) is 0 Å². The van der Waals surface area contributed by atoms with Gasteiger partial charge in [0.15, 0.2) is 0 Å². The van der Waals surface area contributed by atoms with Crippen LogP contribution in [0.5, 0.6) is 23.0 Å². The number of fused-ring (bicyclic) bond motifs is 2. The first kappa shape index (κ1) is 26.6. The lowest BCUT2D eigenvalue weighted by molar-refractivity contribution is 0.299. The molecule has 0 atom stereocenters. The van der Waals surface area contributed by atoms with Crippen LogP contribution in [0.2, 0.25) is 0 Å². The summed E-state index contributed by atoms with van der Waals surface area (Å²) in [5.41, 5.74) is 12.1. The van der Waals surface area contributed by atoms with Gasteiger partial charge in [-0.15, -0.1) is 0 Å². The molecule has 6 aromatic rings. The summed E-state index contributed by atoms with van der Waals surface area (Å²) in [6, 6.07) is 44.9. The Bertz CT molecular complexity index is 2110. The molecule has 0 aromatic heterocycles. The molecule has 4 bridgehead atoms. The van der Waals surface area contributed by atoms with E-state index in [1.165, 1.54) is 66.8 Å². The Morgan fingerprint density at radius 3 is 0.583 bits per heavy atom. The van der Waals surface area contributed by atoms with Crippen molar-refractivity contribution in [3.8, 4) is 23.0 Å². The zero-order valence-electron chi connectivity index (χ0n) is 27.2. The molecule has 6 aliphatic carbocycles. The van der Waals surface area contributed by atoms with E-state index in [1.54, 1.807) is 0 Å². The number of rotatable bonds is 4. The number of methoxy groups -OCH3 is 4. The topological polar surface area (TPSA) is 36.9 Å². The molecule has 0 radical (unpaired) electrons. The predicted octanol–water partition coefficient (Wildman–Crippen LogP) is 8.03. The first-order valence-corrected chi connectivity index (χ1v) is 16.6. The van der Waals surface area contributed by atoms with E-state index in [1.807, 2.05) is 28.4 Å². The summed E-state index contributed by atoms with van der Waals surface area (Å²) >= 11 is 0. The molecule has 0 saturated heterocycles. The van der Waals surface area contributed by atoms with Crippen molar-refractivity contribution < 1.29 is 18.9 Å². The van der Waals surface area contributed by atoms with Gasteiger partial charge in [0.05, 0.1) is 50.1 Å². The van der Waals surface area contributed by atoms with Crippen LogP contribution in [0.1, 0.15) is 66.8 Å². The quantitative estimate of drug-likeness (QED) is 0.199. The Kier molecular flexibility index (Phi) is 4.61. The second-order valence-corrected chi connectivity index (χ2v) is 13.6. The zero-order valence-corrected chi connectivity index (χ0v) is 27.2. The van der Waals surface area contributed by atoms with Gasteiger partial charge in [-0.1, -0.05) is 97.1 Å². The maximum absolute atomic E-state index is 6.52. The van der Waals surface area contributed by atoms with Crippen LogP contribution in [0.25, 0.3) is 0 Å². The lowest BCUT2D eigenvalue weighted by Crippen LogP contribution is -2.61. The minimum Gasteiger partial charge on any atom is -0.496 e. The zero-order chi connectivity index (χ0) is 32.2. The molecule has 48 heavy (non-hydrogen) atoms. The highest BCUT2D eigenvalue weighted by Gasteiger charge is 2.83. The van der Waals surface area contributed by atoms with Crippen molar-refractivity contribution in [1.82, 2.24) is 0 Å². The van der Waals surface area contributed by atoms with Crippen molar-refractivity contribution in [3.63, 3.8) is 0 Å². The predicted molar refractivity (Wildman–Crippen MR) is 184 cm³/mol. The summed E-state index contributed by atoms with van der Waals surface area (Å²) in [5, 5.41) is 0. The minimum atomic E-state index is -0.706. The SMILES string of the molecule is COc1ccc(OC)c2c1[C@]13c4ccccc4[C@@]14c1ccccc1[C@]21c2ccccc2[C@@]1(c1ccccc13)c1c(OC)ccc(OC)c14. The van der Waals surface area contributed by atoms with E-state index in [4.69, 9.17) is 18.9 Å². The van der Waals surface area contributed by atoms with Gasteiger partial charge in [0.1, 0.15) is 23.0 Å². The van der Waals surface area contributed by atoms with E-state index in [0.717, 1.165) is 23.0 Å². The maximum Gasteiger partial charge on any atom is 0.123 e. The fourth-order valence-corrected chi connectivity index (χ4v) is 11.7. The lowest BCUT2D eigenvalue weighted by atomic mass is 9.38. The van der Waals surface area contributed by atoms with Crippen LogP contribution in [0.15, 0.2) is 121 Å². The molecule has 6 aliphatic rings. The Morgan fingerprint density at radius 1 is 0.271 bits per heavy atom. The normalized spacial score (nSPS) is 26.2. The molecule has 4 spiro atoms. The summed E-state index contributed by atoms with van der Waals surface area (Å²) in [5.74, 6) is 3.43. The Labute approximate surface area is 279 Å². The van der Waals surface area contributed by atoms with E-state index >= 15 is 0 Å². The van der Waals surface area contributed by atoms with E-state index < -0.39 is 21.7 Å². The van der Waals surface area contributed by atoms with E-state index in [9.17, 15) is 0 Å². The number of ether oxygens (including phenoxy) is 4. The second kappa shape index (κ2) is 8.32. The molecule has 0 aliphatic heterocycles. The van der Waals surface area contributed by atoms with Gasteiger partial charge in [0.2, 0.25) is 0 Å². The highest BCUT2D eigenvalue weighted by atomic mass is 16.5. The third-order valence-corrected chi connectivity index (χ3v) is 12.7. The molecule has 232 valence electrons. The highest BCUT2D eigenvalue weighted by Crippen LogP contribution is 2.86. The third-order valence-electron chi connectivity index (χ3n) is 12.7. The van der Waals surface area contributed by atoms with Gasteiger partial charge in [-0.2, -0.15) is 0 Å². The average molecular weight is 625 g/mol. The van der Waals surface area contributed by atoms with Crippen molar-refractivity contribution in [1.29, 1.82) is 0 Å². The van der Waals surface area contributed by atoms with Crippen LogP contribution in [0.3, 0.4) is 0 Å². The molecule has 0 unspecified atom stereocenters. The summed E-state index contributed by atoms with van der Waals surface area (Å²) in [7, 11) is 7.23. The summed E-state index contributed by atoms with van der Waals surface area (Å²) in [6.07, 6.45) is 0. The van der Waals surface area contributed by atoms with Gasteiger partial charge in [-0.25, -0.2) is 0 Å². The first-order valence-electron chi connectivity index (χ1n) is 16.6. The molecule has 0 saturated carbocycles. The van der Waals surface area contributed by atoms with Gasteiger partial charge in [-0.05, 0) is 68.8 Å². The van der Waals surface area contributed by atoms with Crippen molar-refractivity contribution in [3.05, 3.63) is 188 Å². The smallest absolute Gasteiger partial charge is 0.123 e. The van der Waals surface area contributed by atoms with Crippen molar-refractivity contribution in [2.45, 2.75) is 21.7 Å². The minimum absolute atomic E-state index is 0.706. The monoisotopic (exact) mass is 624 g/mol. The molecule has 0 heterocycles. The number of hydrogen-bond donors (Lipinski definition) is 0. The maximum atomic E-state index is 6.52. The molecule has 4 heteroatoms. The fraction of sp³-hybridized carbons (Fsp3) is 0.182. The first-order chi connectivity index (χ1) is 23.7. The molecular weight excluding hydrogens is 592 g/mol. The van der Waals surface area contributed by atoms with E-state index in [2.05, 4.69) is 121 Å². The lowest BCUT2D eigenvalue weighted by Gasteiger charge is -2.62. The summed E-state index contributed by atoms with van der Waals surface area (Å²) in [6.45, 7) is 0. The molecule has 0 amide bonds. The van der Waals surface area contributed by atoms with Crippen molar-refractivity contribution >= 4 is 0 Å². The van der Waals surface area contributed by atoms with E-state index in [0.29, 0.717) is 0 Å². The third kappa shape index (κ3) is 2.18. The standard InChI is InChI=1S/C44H32O4/c1-45-33-21-22-34(46-2)38-37(33)41-25-13-5-6-14-26(25)43(41)32-20-12-11-19-31(32)42(38)27-15-7-8-16-28(27)44(42,30-18-10-9-17-29(30)41)40-36(48-4)24-23-35(47-3)39(40)43/h5-24H,1-4H3/t41-,42-,43-,44+/m1/s1. The Morgan fingerprint density at radius 2 is 0.438 bits per heavy atom. The average Bonchev–Trinajstić information content (AvgIpc) is 3.36. The highest BCUT2D eigenvalue weighted by molar-refractivity contribution is 5.97. The van der Waals surface area contributed by atoms with Crippen LogP contribution >= 0.6 is 0 Å². The summed E-state index contributed by atoms with van der Waals surface area (Å²) in [4.78, 5) is 0. The van der Waals surface area contributed by atoms with Gasteiger partial charge in [-0.3, -0.25) is 0 Å². The largest absolute Gasteiger partial charge is 0.496 e. The van der Waals surface area contributed by atoms with Crippen LogP contribution in [-0.4, -0.2) is 28.4 Å². The summed E-state index contributed by atoms with van der Waals surface area (Å²) < 4.78 is 26.1. The van der Waals surface area contributed by atoms with Gasteiger partial charge in [0.25, 0.3) is 0 Å². The number of benzene rings is 6. The molecule has 4 nitrogen and oxygen atoms in total. The van der Waals surface area contributed by atoms with Crippen molar-refractivity contribution in [2.24, 2.45) is 0 Å². The van der Waals surface area contributed by atoms with Crippen LogP contribution in [-0.2, 0) is 21.7 Å². The van der Waals surface area contributed by atoms with Crippen molar-refractivity contribution in [2.75, 3.05) is 28.4 Å². The van der Waals surface area contributed by atoms with E-state index in [-0.39, 0.29) is 0 Å². The molecule has 0 N–H and O–H groups in total. The van der Waals surface area contributed by atoms with Gasteiger partial charge in [0, 0.05) is 22.3 Å². The number of hydrogen-bond acceptors (Lipinski definition) is 4. The molecular formula is C44H32O4. The van der Waals surface area contributed by atoms with Gasteiger partial charge < -0.3 is 18.9 Å². The van der Waals surface area contributed by atoms with Gasteiger partial charge >= 0.3 is 0 Å². The second-order valence-electron chi connectivity index (χ2n) is 13.6. The molecule has 0 fully saturated rings.